The molecule has 1 heterocycles. The molecule has 172 valence electrons. The van der Waals surface area contributed by atoms with E-state index in [-0.39, 0.29) is 29.9 Å². The summed E-state index contributed by atoms with van der Waals surface area (Å²) in [6, 6.07) is 7.33. The Balaban J connectivity index is 1.81. The zero-order valence-electron chi connectivity index (χ0n) is 18.9. The molecule has 0 aliphatic carbocycles. The molecule has 0 saturated heterocycles. The van der Waals surface area contributed by atoms with Gasteiger partial charge in [-0.3, -0.25) is 4.79 Å². The quantitative estimate of drug-likeness (QED) is 0.373. The zero-order valence-corrected chi connectivity index (χ0v) is 18.9. The number of carbonyl (C=O) groups excluding carboxylic acids is 1. The largest absolute Gasteiger partial charge is 0.493 e. The van der Waals surface area contributed by atoms with Crippen LogP contribution < -0.4 is 14.8 Å². The number of unbranched alkanes of at least 4 members (excludes halogenated alkanes) is 2. The van der Waals surface area contributed by atoms with Gasteiger partial charge in [0.25, 0.3) is 0 Å². The van der Waals surface area contributed by atoms with Gasteiger partial charge in [-0.05, 0) is 60.4 Å². The van der Waals surface area contributed by atoms with Crippen molar-refractivity contribution >= 4 is 11.9 Å². The fraction of sp³-hybridized carbons (Fsp3) is 0.423. The third kappa shape index (κ3) is 5.94. The minimum absolute atomic E-state index is 0.138. The number of ketones is 1. The van der Waals surface area contributed by atoms with Crippen LogP contribution in [0.25, 0.3) is 6.08 Å². The van der Waals surface area contributed by atoms with Crippen molar-refractivity contribution < 1.29 is 23.0 Å². The van der Waals surface area contributed by atoms with Crippen LogP contribution in [0, 0.1) is 11.6 Å². The standard InChI is InChI=1S/C26H31F2NO3/c1-4-5-6-7-20-12-18-13-25(31-2)26(32-3)16-22(18)24(29-20)15-21(30)11-9-17-8-10-19(27)14-23(17)28/h8-11,13-14,16,20,24,29H,4-7,12,15H2,1-3H3/t20-,24+/m0/s1. The Kier molecular flexibility index (Phi) is 8.39. The Labute approximate surface area is 188 Å². The SMILES string of the molecule is CCCCC[C@H]1Cc2cc(OC)c(OC)cc2[C@@H](CC(=O)C=Cc2ccc(F)cc2F)N1. The van der Waals surface area contributed by atoms with Crippen LogP contribution in [0.4, 0.5) is 8.78 Å². The van der Waals surface area contributed by atoms with Crippen LogP contribution in [0.5, 0.6) is 11.5 Å². The molecule has 32 heavy (non-hydrogen) atoms. The lowest BCUT2D eigenvalue weighted by molar-refractivity contribution is -0.115. The number of halogens is 2. The number of nitrogens with one attached hydrogen (secondary N) is 1. The molecule has 0 amide bonds. The predicted molar refractivity (Wildman–Crippen MR) is 122 cm³/mol. The molecule has 4 nitrogen and oxygen atoms in total. The van der Waals surface area contributed by atoms with Gasteiger partial charge in [-0.15, -0.1) is 0 Å². The predicted octanol–water partition coefficient (Wildman–Crippen LogP) is 5.79. The molecule has 0 saturated carbocycles. The average Bonchev–Trinajstić information content (AvgIpc) is 2.77. The van der Waals surface area contributed by atoms with Gasteiger partial charge < -0.3 is 14.8 Å². The number of hydrogen-bond acceptors (Lipinski definition) is 4. The van der Waals surface area contributed by atoms with Crippen molar-refractivity contribution in [1.29, 1.82) is 0 Å². The first-order valence-electron chi connectivity index (χ1n) is 11.1. The first-order chi connectivity index (χ1) is 15.4. The maximum absolute atomic E-state index is 13.9. The molecule has 2 atom stereocenters. The highest BCUT2D eigenvalue weighted by Crippen LogP contribution is 2.38. The fourth-order valence-electron chi connectivity index (χ4n) is 4.22. The van der Waals surface area contributed by atoms with Crippen LogP contribution in [0.3, 0.4) is 0 Å². The van der Waals surface area contributed by atoms with Gasteiger partial charge in [0, 0.05) is 30.1 Å². The van der Waals surface area contributed by atoms with Crippen LogP contribution >= 0.6 is 0 Å². The maximum atomic E-state index is 13.9. The monoisotopic (exact) mass is 443 g/mol. The van der Waals surface area contributed by atoms with E-state index < -0.39 is 11.6 Å². The number of benzene rings is 2. The van der Waals surface area contributed by atoms with Crippen molar-refractivity contribution in [1.82, 2.24) is 5.32 Å². The molecular weight excluding hydrogens is 412 g/mol. The zero-order chi connectivity index (χ0) is 23.1. The van der Waals surface area contributed by atoms with Gasteiger partial charge in [-0.25, -0.2) is 8.78 Å². The summed E-state index contributed by atoms with van der Waals surface area (Å²) in [5, 5.41) is 3.63. The molecule has 1 aliphatic rings. The van der Waals surface area contributed by atoms with E-state index in [0.29, 0.717) is 11.5 Å². The minimum atomic E-state index is -0.692. The molecule has 1 aliphatic heterocycles. The van der Waals surface area contributed by atoms with E-state index >= 15 is 0 Å². The molecule has 2 aromatic carbocycles. The van der Waals surface area contributed by atoms with Crippen molar-refractivity contribution in [2.75, 3.05) is 14.2 Å². The molecule has 0 fully saturated rings. The summed E-state index contributed by atoms with van der Waals surface area (Å²) in [5.41, 5.74) is 2.35. The number of rotatable bonds is 10. The second kappa shape index (κ2) is 11.2. The van der Waals surface area contributed by atoms with Crippen molar-refractivity contribution in [3.8, 4) is 11.5 Å². The normalized spacial score (nSPS) is 17.9. The third-order valence-electron chi connectivity index (χ3n) is 5.90. The third-order valence-corrected chi connectivity index (χ3v) is 5.90. The summed E-state index contributed by atoms with van der Waals surface area (Å²) in [5.74, 6) is -0.173. The number of carbonyl (C=O) groups is 1. The van der Waals surface area contributed by atoms with Gasteiger partial charge in [0.05, 0.1) is 14.2 Å². The summed E-state index contributed by atoms with van der Waals surface area (Å²) in [6.07, 6.45) is 8.33. The highest BCUT2D eigenvalue weighted by molar-refractivity contribution is 5.94. The molecule has 0 bridgehead atoms. The van der Waals surface area contributed by atoms with E-state index in [1.165, 1.54) is 30.7 Å². The van der Waals surface area contributed by atoms with Gasteiger partial charge in [0.1, 0.15) is 11.6 Å². The summed E-state index contributed by atoms with van der Waals surface area (Å²) in [7, 11) is 3.21. The Morgan fingerprint density at radius 3 is 2.56 bits per heavy atom. The first-order valence-corrected chi connectivity index (χ1v) is 11.1. The van der Waals surface area contributed by atoms with Crippen LogP contribution in [0.2, 0.25) is 0 Å². The number of allylic oxidation sites excluding steroid dienone is 1. The average molecular weight is 444 g/mol. The van der Waals surface area contributed by atoms with E-state index in [0.717, 1.165) is 42.9 Å². The highest BCUT2D eigenvalue weighted by Gasteiger charge is 2.29. The summed E-state index contributed by atoms with van der Waals surface area (Å²) >= 11 is 0. The fourth-order valence-corrected chi connectivity index (χ4v) is 4.22. The molecular formula is C26H31F2NO3. The molecule has 0 unspecified atom stereocenters. The lowest BCUT2D eigenvalue weighted by Gasteiger charge is -2.34. The Bertz CT molecular complexity index is 974. The van der Waals surface area contributed by atoms with Crippen LogP contribution in [0.15, 0.2) is 36.4 Å². The van der Waals surface area contributed by atoms with Gasteiger partial charge in [-0.1, -0.05) is 26.2 Å². The number of fused-ring (bicyclic) bond motifs is 1. The maximum Gasteiger partial charge on any atom is 0.161 e. The number of ether oxygens (including phenoxy) is 2. The van der Waals surface area contributed by atoms with E-state index in [2.05, 4.69) is 12.2 Å². The summed E-state index contributed by atoms with van der Waals surface area (Å²) in [4.78, 5) is 12.7. The van der Waals surface area contributed by atoms with Gasteiger partial charge >= 0.3 is 0 Å². The topological polar surface area (TPSA) is 47.6 Å². The van der Waals surface area contributed by atoms with Crippen LogP contribution in [-0.2, 0) is 11.2 Å². The van der Waals surface area contributed by atoms with Crippen molar-refractivity contribution in [2.45, 2.75) is 57.5 Å². The summed E-state index contributed by atoms with van der Waals surface area (Å²) < 4.78 is 37.9. The molecule has 1 N–H and O–H groups in total. The van der Waals surface area contributed by atoms with Gasteiger partial charge in [-0.2, -0.15) is 0 Å². The van der Waals surface area contributed by atoms with Crippen molar-refractivity contribution in [3.05, 3.63) is 64.7 Å². The van der Waals surface area contributed by atoms with Gasteiger partial charge in [0.15, 0.2) is 17.3 Å². The van der Waals surface area contributed by atoms with Gasteiger partial charge in [0.2, 0.25) is 0 Å². The lowest BCUT2D eigenvalue weighted by Crippen LogP contribution is -2.40. The molecule has 0 aromatic heterocycles. The van der Waals surface area contributed by atoms with E-state index in [1.54, 1.807) is 14.2 Å². The Morgan fingerprint density at radius 1 is 1.12 bits per heavy atom. The molecule has 3 rings (SSSR count). The van der Waals surface area contributed by atoms with Crippen molar-refractivity contribution in [2.24, 2.45) is 0 Å². The molecule has 6 heteroatoms. The Hall–Kier alpha value is -2.73. The number of methoxy groups -OCH3 is 2. The van der Waals surface area contributed by atoms with E-state index in [4.69, 9.17) is 9.47 Å². The minimum Gasteiger partial charge on any atom is -0.493 e. The number of hydrogen-bond donors (Lipinski definition) is 1. The molecule has 0 radical (unpaired) electrons. The van der Waals surface area contributed by atoms with Crippen molar-refractivity contribution in [3.63, 3.8) is 0 Å². The highest BCUT2D eigenvalue weighted by atomic mass is 19.1. The lowest BCUT2D eigenvalue weighted by atomic mass is 9.85. The van der Waals surface area contributed by atoms with E-state index in [1.807, 2.05) is 12.1 Å². The van der Waals surface area contributed by atoms with E-state index in [9.17, 15) is 13.6 Å². The molecule has 2 aromatic rings. The second-order valence-corrected chi connectivity index (χ2v) is 8.19. The summed E-state index contributed by atoms with van der Waals surface area (Å²) in [6.45, 7) is 2.18. The second-order valence-electron chi connectivity index (χ2n) is 8.19. The Morgan fingerprint density at radius 2 is 1.88 bits per heavy atom. The van der Waals surface area contributed by atoms with Crippen LogP contribution in [-0.4, -0.2) is 26.0 Å². The molecule has 0 spiro atoms. The first kappa shape index (κ1) is 23.9. The smallest absolute Gasteiger partial charge is 0.161 e. The van der Waals surface area contributed by atoms with Crippen LogP contribution in [0.1, 0.15) is 61.8 Å².